The lowest BCUT2D eigenvalue weighted by molar-refractivity contribution is -0.109. The Morgan fingerprint density at radius 3 is 2.86 bits per heavy atom. The maximum atomic E-state index is 13.0. The van der Waals surface area contributed by atoms with E-state index in [0.717, 1.165) is 22.1 Å². The number of H-pyrrole nitrogens is 1. The molecule has 8 heteroatoms. The van der Waals surface area contributed by atoms with Gasteiger partial charge in [-0.05, 0) is 41.6 Å². The Bertz CT molecular complexity index is 1230. The molecule has 2 N–H and O–H groups in total. The molecule has 0 radical (unpaired) electrons. The quantitative estimate of drug-likeness (QED) is 0.473. The third-order valence-electron chi connectivity index (χ3n) is 5.26. The number of fused-ring (bicyclic) bond motifs is 2. The van der Waals surface area contributed by atoms with Crippen molar-refractivity contribution in [1.29, 1.82) is 0 Å². The molecule has 1 fully saturated rings. The van der Waals surface area contributed by atoms with Gasteiger partial charge in [0.25, 0.3) is 0 Å². The summed E-state index contributed by atoms with van der Waals surface area (Å²) >= 11 is 0. The Kier molecular flexibility index (Phi) is 4.01. The van der Waals surface area contributed by atoms with Crippen molar-refractivity contribution in [1.82, 2.24) is 20.2 Å². The van der Waals surface area contributed by atoms with Crippen LogP contribution >= 0.6 is 0 Å². The zero-order valence-corrected chi connectivity index (χ0v) is 15.3. The fourth-order valence-electron chi connectivity index (χ4n) is 3.84. The average Bonchev–Trinajstić information content (AvgIpc) is 3.09. The van der Waals surface area contributed by atoms with E-state index in [0.29, 0.717) is 16.9 Å². The minimum Gasteiger partial charge on any atom is -0.337 e. The van der Waals surface area contributed by atoms with E-state index in [4.69, 9.17) is 0 Å². The van der Waals surface area contributed by atoms with Crippen LogP contribution in [-0.4, -0.2) is 31.9 Å². The van der Waals surface area contributed by atoms with Crippen molar-refractivity contribution in [3.8, 4) is 0 Å². The Morgan fingerprint density at radius 2 is 2.03 bits per heavy atom. The van der Waals surface area contributed by atoms with Crippen LogP contribution in [0.4, 0.5) is 20.3 Å². The number of nitrogens with zero attached hydrogens (tertiary/aromatic N) is 3. The van der Waals surface area contributed by atoms with Crippen molar-refractivity contribution in [3.05, 3.63) is 54.5 Å². The van der Waals surface area contributed by atoms with E-state index >= 15 is 0 Å². The van der Waals surface area contributed by atoms with Gasteiger partial charge in [0.15, 0.2) is 11.6 Å². The second-order valence-electron chi connectivity index (χ2n) is 7.45. The third-order valence-corrected chi connectivity index (χ3v) is 5.26. The van der Waals surface area contributed by atoms with Crippen molar-refractivity contribution in [2.75, 3.05) is 5.32 Å². The van der Waals surface area contributed by atoms with Crippen molar-refractivity contribution in [3.63, 3.8) is 0 Å². The first kappa shape index (κ1) is 17.7. The predicted molar refractivity (Wildman–Crippen MR) is 106 cm³/mol. The van der Waals surface area contributed by atoms with Gasteiger partial charge >= 0.3 is 0 Å². The molecule has 0 bridgehead atoms. The van der Waals surface area contributed by atoms with Crippen LogP contribution < -0.4 is 5.32 Å². The normalized spacial score (nSPS) is 16.1. The molecule has 3 heterocycles. The van der Waals surface area contributed by atoms with E-state index in [1.807, 2.05) is 36.4 Å². The molecular formula is C21H17F2N5O. The standard InChI is InChI=1S/C21H17F2N5O/c22-21(23)10-12(11-21)8-17(29)18-15-4-3-14(9-13(15)5-7-25-18)26-20-19-16(27-28-20)2-1-6-24-19/h1-7,9,12H,8,10-11H2,(H2,26,27,28). The molecule has 29 heavy (non-hydrogen) atoms. The Labute approximate surface area is 164 Å². The number of nitrogens with one attached hydrogen (secondary N) is 2. The van der Waals surface area contributed by atoms with Crippen LogP contribution in [0.15, 0.2) is 48.8 Å². The molecule has 0 aliphatic heterocycles. The minimum absolute atomic E-state index is 0.104. The van der Waals surface area contributed by atoms with Crippen LogP contribution in [0, 0.1) is 5.92 Å². The monoisotopic (exact) mass is 393 g/mol. The maximum absolute atomic E-state index is 13.0. The predicted octanol–water partition coefficient (Wildman–Crippen LogP) is 4.87. The molecule has 1 aromatic carbocycles. The first-order valence-electron chi connectivity index (χ1n) is 9.34. The Morgan fingerprint density at radius 1 is 1.17 bits per heavy atom. The summed E-state index contributed by atoms with van der Waals surface area (Å²) in [4.78, 5) is 21.2. The minimum atomic E-state index is -2.62. The lowest BCUT2D eigenvalue weighted by atomic mass is 9.78. The summed E-state index contributed by atoms with van der Waals surface area (Å²) < 4.78 is 26.1. The van der Waals surface area contributed by atoms with Gasteiger partial charge in [0.1, 0.15) is 11.2 Å². The second kappa shape index (κ2) is 6.58. The number of anilines is 2. The molecule has 5 rings (SSSR count). The highest BCUT2D eigenvalue weighted by molar-refractivity contribution is 6.07. The van der Waals surface area contributed by atoms with Gasteiger partial charge in [0, 0.05) is 42.7 Å². The zero-order chi connectivity index (χ0) is 20.0. The molecule has 0 atom stereocenters. The number of alkyl halides is 2. The summed E-state index contributed by atoms with van der Waals surface area (Å²) in [6, 6.07) is 11.1. The topological polar surface area (TPSA) is 83.6 Å². The molecule has 6 nitrogen and oxygen atoms in total. The molecule has 0 amide bonds. The number of pyridine rings is 2. The number of carbonyl (C=O) groups excluding carboxylic acids is 1. The summed E-state index contributed by atoms with van der Waals surface area (Å²) in [6.45, 7) is 0. The lowest BCUT2D eigenvalue weighted by Gasteiger charge is -2.34. The number of benzene rings is 1. The average molecular weight is 393 g/mol. The molecule has 0 spiro atoms. The van der Waals surface area contributed by atoms with E-state index in [-0.39, 0.29) is 31.0 Å². The lowest BCUT2D eigenvalue weighted by Crippen LogP contribution is -2.36. The van der Waals surface area contributed by atoms with Crippen LogP contribution in [0.25, 0.3) is 21.8 Å². The van der Waals surface area contributed by atoms with Gasteiger partial charge in [0.2, 0.25) is 5.92 Å². The first-order chi connectivity index (χ1) is 14.0. The number of Topliss-reactive ketones (excluding diaryl/α,β-unsaturated/α-hetero) is 1. The number of halogens is 2. The van der Waals surface area contributed by atoms with Crippen LogP contribution in [0.3, 0.4) is 0 Å². The van der Waals surface area contributed by atoms with Gasteiger partial charge in [0.05, 0.1) is 5.52 Å². The van der Waals surface area contributed by atoms with E-state index < -0.39 is 5.92 Å². The number of hydrogen-bond donors (Lipinski definition) is 2. The molecule has 1 aliphatic rings. The molecule has 0 saturated heterocycles. The van der Waals surface area contributed by atoms with Gasteiger partial charge in [-0.1, -0.05) is 6.07 Å². The maximum Gasteiger partial charge on any atom is 0.248 e. The SMILES string of the molecule is O=C(CC1CC(F)(F)C1)c1nccc2cc(Nc3n[nH]c4cccnc34)ccc12. The molecule has 4 aromatic rings. The highest BCUT2D eigenvalue weighted by Crippen LogP contribution is 2.44. The van der Waals surface area contributed by atoms with Gasteiger partial charge < -0.3 is 5.32 Å². The largest absolute Gasteiger partial charge is 0.337 e. The van der Waals surface area contributed by atoms with Crippen molar-refractivity contribution >= 4 is 39.1 Å². The fourth-order valence-corrected chi connectivity index (χ4v) is 3.84. The van der Waals surface area contributed by atoms with Crippen molar-refractivity contribution < 1.29 is 13.6 Å². The van der Waals surface area contributed by atoms with Crippen LogP contribution in [0.5, 0.6) is 0 Å². The molecular weight excluding hydrogens is 376 g/mol. The van der Waals surface area contributed by atoms with Gasteiger partial charge in [-0.2, -0.15) is 5.10 Å². The van der Waals surface area contributed by atoms with Gasteiger partial charge in [-0.3, -0.25) is 19.9 Å². The van der Waals surface area contributed by atoms with Crippen LogP contribution in [-0.2, 0) is 0 Å². The smallest absolute Gasteiger partial charge is 0.248 e. The van der Waals surface area contributed by atoms with E-state index in [1.54, 1.807) is 12.4 Å². The van der Waals surface area contributed by atoms with Crippen LogP contribution in [0.2, 0.25) is 0 Å². The molecule has 0 unspecified atom stereocenters. The number of ketones is 1. The summed E-state index contributed by atoms with van der Waals surface area (Å²) in [5.41, 5.74) is 2.68. The number of aromatic nitrogens is 4. The number of carbonyl (C=O) groups is 1. The highest BCUT2D eigenvalue weighted by Gasteiger charge is 2.45. The van der Waals surface area contributed by atoms with E-state index in [2.05, 4.69) is 25.5 Å². The summed E-state index contributed by atoms with van der Waals surface area (Å²) in [6.07, 6.45) is 2.93. The molecule has 146 valence electrons. The molecule has 1 aliphatic carbocycles. The zero-order valence-electron chi connectivity index (χ0n) is 15.3. The number of hydrogen-bond acceptors (Lipinski definition) is 5. The molecule has 3 aromatic heterocycles. The first-order valence-corrected chi connectivity index (χ1v) is 9.34. The third kappa shape index (κ3) is 3.30. The fraction of sp³-hybridized carbons (Fsp3) is 0.238. The second-order valence-corrected chi connectivity index (χ2v) is 7.45. The number of rotatable bonds is 5. The Hall–Kier alpha value is -3.42. The van der Waals surface area contributed by atoms with Crippen molar-refractivity contribution in [2.24, 2.45) is 5.92 Å². The summed E-state index contributed by atoms with van der Waals surface area (Å²) in [7, 11) is 0. The molecule has 1 saturated carbocycles. The van der Waals surface area contributed by atoms with E-state index in [9.17, 15) is 13.6 Å². The van der Waals surface area contributed by atoms with Gasteiger partial charge in [-0.15, -0.1) is 0 Å². The Balaban J connectivity index is 1.40. The highest BCUT2D eigenvalue weighted by atomic mass is 19.3. The van der Waals surface area contributed by atoms with Crippen LogP contribution in [0.1, 0.15) is 29.8 Å². The van der Waals surface area contributed by atoms with Gasteiger partial charge in [-0.25, -0.2) is 8.78 Å². The van der Waals surface area contributed by atoms with Crippen molar-refractivity contribution in [2.45, 2.75) is 25.2 Å². The number of aromatic amines is 1. The summed E-state index contributed by atoms with van der Waals surface area (Å²) in [5.74, 6) is -2.48. The van der Waals surface area contributed by atoms with E-state index in [1.165, 1.54) is 0 Å². The summed E-state index contributed by atoms with van der Waals surface area (Å²) in [5, 5.41) is 11.9.